The number of piperidine rings is 1. The van der Waals surface area contributed by atoms with E-state index in [1.165, 1.54) is 4.90 Å². The van der Waals surface area contributed by atoms with Crippen LogP contribution in [0.2, 0.25) is 0 Å². The fourth-order valence-corrected chi connectivity index (χ4v) is 5.43. The van der Waals surface area contributed by atoms with Crippen molar-refractivity contribution in [2.24, 2.45) is 0 Å². The van der Waals surface area contributed by atoms with Crippen LogP contribution < -0.4 is 26.2 Å². The molecular weight excluding hydrogens is 442 g/mol. The molecule has 35 heavy (non-hydrogen) atoms. The van der Waals surface area contributed by atoms with Gasteiger partial charge in [-0.3, -0.25) is 14.5 Å². The highest BCUT2D eigenvalue weighted by molar-refractivity contribution is 6.10. The number of carbonyl (C=O) groups excluding carboxylic acids is 3. The summed E-state index contributed by atoms with van der Waals surface area (Å²) in [5.41, 5.74) is 1.87. The van der Waals surface area contributed by atoms with Gasteiger partial charge in [-0.25, -0.2) is 4.79 Å². The molecule has 186 valence electrons. The number of para-hydroxylation sites is 2. The van der Waals surface area contributed by atoms with Crippen molar-refractivity contribution in [3.8, 4) is 0 Å². The second kappa shape index (κ2) is 9.70. The minimum absolute atomic E-state index is 0.0228. The van der Waals surface area contributed by atoms with E-state index in [4.69, 9.17) is 0 Å². The first-order valence-electron chi connectivity index (χ1n) is 12.1. The number of fused-ring (bicyclic) bond motifs is 1. The monoisotopic (exact) mass is 477 g/mol. The maximum atomic E-state index is 13.5. The fourth-order valence-electron chi connectivity index (χ4n) is 5.43. The molecule has 1 saturated heterocycles. The molecule has 2 aliphatic heterocycles. The molecule has 0 spiro atoms. The Labute approximate surface area is 206 Å². The third-order valence-corrected chi connectivity index (χ3v) is 6.45. The third-order valence-electron chi connectivity index (χ3n) is 6.45. The van der Waals surface area contributed by atoms with Crippen LogP contribution in [0.3, 0.4) is 0 Å². The first kappa shape index (κ1) is 24.7. The SMILES string of the molecule is CC1(C)CC(NC(=O)[C@@H](Cc2ccccc2)NC(=O)N2CC(=O)Nc3ccccc32)CC(C)(C)N1. The number of amides is 4. The summed E-state index contributed by atoms with van der Waals surface area (Å²) in [6, 6.07) is 15.5. The summed E-state index contributed by atoms with van der Waals surface area (Å²) in [4.78, 5) is 40.5. The van der Waals surface area contributed by atoms with Crippen LogP contribution in [0.15, 0.2) is 54.6 Å². The maximum Gasteiger partial charge on any atom is 0.323 e. The molecule has 0 aromatic heterocycles. The van der Waals surface area contributed by atoms with Gasteiger partial charge in [0.1, 0.15) is 12.6 Å². The minimum atomic E-state index is -0.789. The fraction of sp³-hybridized carbons (Fsp3) is 0.444. The Morgan fingerprint density at radius 1 is 1.00 bits per heavy atom. The lowest BCUT2D eigenvalue weighted by molar-refractivity contribution is -0.124. The summed E-state index contributed by atoms with van der Waals surface area (Å²) >= 11 is 0. The molecule has 0 saturated carbocycles. The summed E-state index contributed by atoms with van der Waals surface area (Å²) in [5.74, 6) is -0.502. The smallest absolute Gasteiger partial charge is 0.323 e. The van der Waals surface area contributed by atoms with E-state index < -0.39 is 12.1 Å². The molecule has 8 heteroatoms. The number of benzene rings is 2. The van der Waals surface area contributed by atoms with E-state index in [-0.39, 0.29) is 35.5 Å². The Morgan fingerprint density at radius 2 is 1.63 bits per heavy atom. The van der Waals surface area contributed by atoms with E-state index in [0.717, 1.165) is 18.4 Å². The number of carbonyl (C=O) groups is 3. The van der Waals surface area contributed by atoms with Crippen molar-refractivity contribution >= 4 is 29.2 Å². The molecule has 8 nitrogen and oxygen atoms in total. The zero-order valence-electron chi connectivity index (χ0n) is 20.9. The van der Waals surface area contributed by atoms with Gasteiger partial charge in [0.05, 0.1) is 11.4 Å². The average Bonchev–Trinajstić information content (AvgIpc) is 2.76. The minimum Gasteiger partial charge on any atom is -0.351 e. The number of hydrogen-bond acceptors (Lipinski definition) is 4. The maximum absolute atomic E-state index is 13.5. The largest absolute Gasteiger partial charge is 0.351 e. The van der Waals surface area contributed by atoms with Crippen molar-refractivity contribution in [1.29, 1.82) is 0 Å². The van der Waals surface area contributed by atoms with Gasteiger partial charge >= 0.3 is 6.03 Å². The van der Waals surface area contributed by atoms with E-state index in [1.54, 1.807) is 18.2 Å². The van der Waals surface area contributed by atoms with Crippen LogP contribution in [0.4, 0.5) is 16.2 Å². The summed E-state index contributed by atoms with van der Waals surface area (Å²) in [6.45, 7) is 8.42. The molecule has 4 amide bonds. The van der Waals surface area contributed by atoms with Gasteiger partial charge in [-0.05, 0) is 58.2 Å². The van der Waals surface area contributed by atoms with Gasteiger partial charge in [-0.2, -0.15) is 0 Å². The quantitative estimate of drug-likeness (QED) is 0.531. The predicted octanol–water partition coefficient (Wildman–Crippen LogP) is 3.19. The molecule has 2 heterocycles. The van der Waals surface area contributed by atoms with Crippen molar-refractivity contribution < 1.29 is 14.4 Å². The molecule has 2 aromatic rings. The van der Waals surface area contributed by atoms with Gasteiger partial charge < -0.3 is 21.3 Å². The number of urea groups is 1. The summed E-state index contributed by atoms with van der Waals surface area (Å²) in [6.07, 6.45) is 1.92. The number of hydrogen-bond donors (Lipinski definition) is 4. The highest BCUT2D eigenvalue weighted by Gasteiger charge is 2.39. The number of anilines is 2. The third kappa shape index (κ3) is 6.19. The number of nitrogens with one attached hydrogen (secondary N) is 4. The van der Waals surface area contributed by atoms with E-state index in [1.807, 2.05) is 36.4 Å². The molecule has 0 unspecified atom stereocenters. The average molecular weight is 478 g/mol. The topological polar surface area (TPSA) is 103 Å². The highest BCUT2D eigenvalue weighted by atomic mass is 16.2. The molecule has 4 rings (SSSR count). The second-order valence-electron chi connectivity index (χ2n) is 10.8. The molecule has 0 aliphatic carbocycles. The summed E-state index contributed by atoms with van der Waals surface area (Å²) in [5, 5.41) is 12.5. The van der Waals surface area contributed by atoms with Gasteiger partial charge in [0.2, 0.25) is 11.8 Å². The Bertz CT molecular complexity index is 1080. The van der Waals surface area contributed by atoms with E-state index >= 15 is 0 Å². The van der Waals surface area contributed by atoms with Gasteiger partial charge in [-0.15, -0.1) is 0 Å². The van der Waals surface area contributed by atoms with Gasteiger partial charge in [0.15, 0.2) is 0 Å². The summed E-state index contributed by atoms with van der Waals surface area (Å²) in [7, 11) is 0. The van der Waals surface area contributed by atoms with Crippen LogP contribution in [0.1, 0.15) is 46.1 Å². The summed E-state index contributed by atoms with van der Waals surface area (Å²) < 4.78 is 0. The van der Waals surface area contributed by atoms with Gasteiger partial charge in [0, 0.05) is 23.5 Å². The van der Waals surface area contributed by atoms with E-state index in [2.05, 4.69) is 49.0 Å². The van der Waals surface area contributed by atoms with Crippen molar-refractivity contribution in [3.05, 3.63) is 60.2 Å². The van der Waals surface area contributed by atoms with Crippen LogP contribution in [0.25, 0.3) is 0 Å². The highest BCUT2D eigenvalue weighted by Crippen LogP contribution is 2.30. The van der Waals surface area contributed by atoms with Crippen molar-refractivity contribution in [2.75, 3.05) is 16.8 Å². The molecule has 0 radical (unpaired) electrons. The molecule has 0 bridgehead atoms. The lowest BCUT2D eigenvalue weighted by Gasteiger charge is -2.46. The first-order chi connectivity index (χ1) is 16.5. The molecule has 2 aliphatic rings. The zero-order valence-corrected chi connectivity index (χ0v) is 20.9. The van der Waals surface area contributed by atoms with E-state index in [9.17, 15) is 14.4 Å². The Hall–Kier alpha value is -3.39. The van der Waals surface area contributed by atoms with E-state index in [0.29, 0.717) is 17.8 Å². The number of rotatable bonds is 5. The molecule has 1 atom stereocenters. The van der Waals surface area contributed by atoms with Gasteiger partial charge in [0.25, 0.3) is 0 Å². The lowest BCUT2D eigenvalue weighted by Crippen LogP contribution is -2.63. The van der Waals surface area contributed by atoms with Crippen molar-refractivity contribution in [3.63, 3.8) is 0 Å². The molecular formula is C27H35N5O3. The standard InChI is InChI=1S/C27H35N5O3/c1-26(2)15-19(16-27(3,4)31-26)28-24(34)21(14-18-10-6-5-7-11-18)30-25(35)32-17-23(33)29-20-12-8-9-13-22(20)32/h5-13,19,21,31H,14-17H2,1-4H3,(H,28,34)(H,29,33)(H,30,35)/t21-/m1/s1. The normalized spacial score (nSPS) is 19.8. The van der Waals surface area contributed by atoms with Crippen LogP contribution in [-0.2, 0) is 16.0 Å². The predicted molar refractivity (Wildman–Crippen MR) is 137 cm³/mol. The molecule has 2 aromatic carbocycles. The Morgan fingerprint density at radius 3 is 2.31 bits per heavy atom. The lowest BCUT2D eigenvalue weighted by atomic mass is 9.79. The molecule has 1 fully saturated rings. The Balaban J connectivity index is 1.54. The van der Waals surface area contributed by atoms with Crippen LogP contribution >= 0.6 is 0 Å². The second-order valence-corrected chi connectivity index (χ2v) is 10.8. The van der Waals surface area contributed by atoms with Gasteiger partial charge in [-0.1, -0.05) is 42.5 Å². The van der Waals surface area contributed by atoms with Crippen molar-refractivity contribution in [1.82, 2.24) is 16.0 Å². The van der Waals surface area contributed by atoms with Crippen molar-refractivity contribution in [2.45, 2.75) is 70.1 Å². The number of nitrogens with zero attached hydrogens (tertiary/aromatic N) is 1. The van der Waals surface area contributed by atoms with Crippen LogP contribution in [0.5, 0.6) is 0 Å². The Kier molecular flexibility index (Phi) is 6.85. The molecule has 4 N–H and O–H groups in total. The first-order valence-corrected chi connectivity index (χ1v) is 12.1. The van der Waals surface area contributed by atoms with Crippen LogP contribution in [0, 0.1) is 0 Å². The van der Waals surface area contributed by atoms with Crippen LogP contribution in [-0.4, -0.2) is 47.6 Å². The zero-order chi connectivity index (χ0) is 25.2.